The zero-order valence-corrected chi connectivity index (χ0v) is 15.4. The van der Waals surface area contributed by atoms with Crippen molar-refractivity contribution >= 4 is 32.9 Å². The molecule has 0 unspecified atom stereocenters. The van der Waals surface area contributed by atoms with Crippen LogP contribution in [-0.4, -0.2) is 49.4 Å². The van der Waals surface area contributed by atoms with Crippen LogP contribution in [0.1, 0.15) is 25.7 Å². The van der Waals surface area contributed by atoms with Crippen LogP contribution in [0, 0.1) is 0 Å². The standard InChI is InChI=1S/C16H20N2O5S2/c1-23-11-6-8-12(9-7-11)25(21,22)17-13-4-2-3-5-14(13)18-15(19)10-24-16(18)20/h6-9,13-14,17H,2-5,10H2,1H3/t13-,14-/m1/s1. The normalized spacial score (nSPS) is 24.6. The van der Waals surface area contributed by atoms with Gasteiger partial charge < -0.3 is 4.74 Å². The highest BCUT2D eigenvalue weighted by Crippen LogP contribution is 2.31. The van der Waals surface area contributed by atoms with E-state index in [1.165, 1.54) is 24.1 Å². The van der Waals surface area contributed by atoms with Gasteiger partial charge in [0.2, 0.25) is 15.9 Å². The second-order valence-electron chi connectivity index (χ2n) is 6.07. The van der Waals surface area contributed by atoms with E-state index in [1.54, 1.807) is 12.1 Å². The van der Waals surface area contributed by atoms with Crippen LogP contribution in [0.4, 0.5) is 4.79 Å². The number of sulfonamides is 1. The SMILES string of the molecule is COc1ccc(S(=O)(=O)N[C@@H]2CCCC[C@H]2N2C(=O)CSC2=O)cc1. The third-order valence-electron chi connectivity index (χ3n) is 4.52. The minimum atomic E-state index is -3.74. The van der Waals surface area contributed by atoms with E-state index in [9.17, 15) is 18.0 Å². The zero-order chi connectivity index (χ0) is 18.0. The molecular formula is C16H20N2O5S2. The number of nitrogens with zero attached hydrogens (tertiary/aromatic N) is 1. The first-order chi connectivity index (χ1) is 11.9. The number of amides is 2. The Bertz CT molecular complexity index is 747. The Morgan fingerprint density at radius 1 is 1.16 bits per heavy atom. The van der Waals surface area contributed by atoms with Crippen LogP contribution in [0.15, 0.2) is 29.2 Å². The fourth-order valence-corrected chi connectivity index (χ4v) is 5.33. The summed E-state index contributed by atoms with van der Waals surface area (Å²) in [5.74, 6) is 0.461. The second-order valence-corrected chi connectivity index (χ2v) is 8.71. The van der Waals surface area contributed by atoms with Gasteiger partial charge in [-0.25, -0.2) is 13.1 Å². The van der Waals surface area contributed by atoms with Crippen LogP contribution in [0.5, 0.6) is 5.75 Å². The highest BCUT2D eigenvalue weighted by molar-refractivity contribution is 8.14. The first kappa shape index (κ1) is 18.2. The van der Waals surface area contributed by atoms with Gasteiger partial charge in [-0.15, -0.1) is 0 Å². The maximum Gasteiger partial charge on any atom is 0.289 e. The topological polar surface area (TPSA) is 92.8 Å². The molecule has 2 atom stereocenters. The van der Waals surface area contributed by atoms with Gasteiger partial charge in [-0.1, -0.05) is 24.6 Å². The van der Waals surface area contributed by atoms with Crippen molar-refractivity contribution in [2.75, 3.05) is 12.9 Å². The average molecular weight is 384 g/mol. The lowest BCUT2D eigenvalue weighted by atomic mass is 9.90. The molecule has 1 N–H and O–H groups in total. The Morgan fingerprint density at radius 2 is 1.84 bits per heavy atom. The molecule has 1 aromatic rings. The predicted octanol–water partition coefficient (Wildman–Crippen LogP) is 1.98. The number of carbonyl (C=O) groups excluding carboxylic acids is 2. The number of thioether (sulfide) groups is 1. The van der Waals surface area contributed by atoms with Crippen LogP contribution in [0.25, 0.3) is 0 Å². The molecule has 9 heteroatoms. The third kappa shape index (κ3) is 3.83. The lowest BCUT2D eigenvalue weighted by Crippen LogP contribution is -2.54. The van der Waals surface area contributed by atoms with Gasteiger partial charge in [-0.2, -0.15) is 0 Å². The van der Waals surface area contributed by atoms with Crippen LogP contribution >= 0.6 is 11.8 Å². The number of hydrogen-bond donors (Lipinski definition) is 1. The highest BCUT2D eigenvalue weighted by Gasteiger charge is 2.41. The van der Waals surface area contributed by atoms with Gasteiger partial charge in [-0.3, -0.25) is 14.5 Å². The minimum absolute atomic E-state index is 0.131. The number of rotatable bonds is 5. The predicted molar refractivity (Wildman–Crippen MR) is 94.1 cm³/mol. The number of ether oxygens (including phenoxy) is 1. The van der Waals surface area contributed by atoms with Crippen molar-refractivity contribution in [2.24, 2.45) is 0 Å². The molecule has 2 amide bonds. The summed E-state index contributed by atoms with van der Waals surface area (Å²) in [5.41, 5.74) is 0. The summed E-state index contributed by atoms with van der Waals surface area (Å²) in [6.45, 7) is 0. The van der Waals surface area contributed by atoms with Crippen LogP contribution in [0.2, 0.25) is 0 Å². The molecule has 1 saturated heterocycles. The first-order valence-electron chi connectivity index (χ1n) is 8.07. The number of nitrogens with one attached hydrogen (secondary N) is 1. The van der Waals surface area contributed by atoms with Crippen molar-refractivity contribution in [3.05, 3.63) is 24.3 Å². The molecule has 7 nitrogen and oxygen atoms in total. The molecule has 1 aliphatic heterocycles. The summed E-state index contributed by atoms with van der Waals surface area (Å²) in [4.78, 5) is 25.4. The molecule has 0 aromatic heterocycles. The molecule has 2 fully saturated rings. The van der Waals surface area contributed by atoms with E-state index in [2.05, 4.69) is 4.72 Å². The van der Waals surface area contributed by atoms with Crippen LogP contribution < -0.4 is 9.46 Å². The van der Waals surface area contributed by atoms with Crippen molar-refractivity contribution in [2.45, 2.75) is 42.7 Å². The molecule has 0 radical (unpaired) electrons. The van der Waals surface area contributed by atoms with E-state index in [-0.39, 0.29) is 21.8 Å². The lowest BCUT2D eigenvalue weighted by Gasteiger charge is -2.36. The summed E-state index contributed by atoms with van der Waals surface area (Å²) in [7, 11) is -2.23. The quantitative estimate of drug-likeness (QED) is 0.834. The summed E-state index contributed by atoms with van der Waals surface area (Å²) in [6.07, 6.45) is 2.94. The molecule has 1 aliphatic carbocycles. The number of imide groups is 1. The van der Waals surface area contributed by atoms with E-state index in [0.717, 1.165) is 24.6 Å². The zero-order valence-electron chi connectivity index (χ0n) is 13.8. The van der Waals surface area contributed by atoms with E-state index in [4.69, 9.17) is 4.74 Å². The van der Waals surface area contributed by atoms with Gasteiger partial charge in [0.15, 0.2) is 0 Å². The Balaban J connectivity index is 1.80. The van der Waals surface area contributed by atoms with Crippen molar-refractivity contribution in [3.8, 4) is 5.75 Å². The van der Waals surface area contributed by atoms with Crippen molar-refractivity contribution in [1.82, 2.24) is 9.62 Å². The largest absolute Gasteiger partial charge is 0.497 e. The molecule has 25 heavy (non-hydrogen) atoms. The van der Waals surface area contributed by atoms with Gasteiger partial charge in [0.05, 0.1) is 23.8 Å². The summed E-state index contributed by atoms with van der Waals surface area (Å²) in [5, 5.41) is -0.287. The van der Waals surface area contributed by atoms with E-state index < -0.39 is 22.1 Å². The summed E-state index contributed by atoms with van der Waals surface area (Å²) < 4.78 is 33.1. The Kier molecular flexibility index (Phi) is 5.35. The monoisotopic (exact) mass is 384 g/mol. The van der Waals surface area contributed by atoms with Crippen molar-refractivity contribution in [3.63, 3.8) is 0 Å². The Hall–Kier alpha value is -1.58. The molecule has 0 bridgehead atoms. The number of benzene rings is 1. The van der Waals surface area contributed by atoms with Gasteiger partial charge in [-0.05, 0) is 37.1 Å². The highest BCUT2D eigenvalue weighted by atomic mass is 32.2. The van der Waals surface area contributed by atoms with Gasteiger partial charge in [0, 0.05) is 6.04 Å². The van der Waals surface area contributed by atoms with E-state index in [0.29, 0.717) is 18.6 Å². The number of methoxy groups -OCH3 is 1. The van der Waals surface area contributed by atoms with Gasteiger partial charge >= 0.3 is 0 Å². The minimum Gasteiger partial charge on any atom is -0.497 e. The molecular weight excluding hydrogens is 364 g/mol. The average Bonchev–Trinajstić information content (AvgIpc) is 2.94. The van der Waals surface area contributed by atoms with Crippen LogP contribution in [-0.2, 0) is 14.8 Å². The van der Waals surface area contributed by atoms with Crippen LogP contribution in [0.3, 0.4) is 0 Å². The Morgan fingerprint density at radius 3 is 2.44 bits per heavy atom. The second kappa shape index (κ2) is 7.35. The van der Waals surface area contributed by atoms with Crippen molar-refractivity contribution < 1.29 is 22.7 Å². The first-order valence-corrected chi connectivity index (χ1v) is 10.5. The molecule has 3 rings (SSSR count). The Labute approximate surface area is 151 Å². The fourth-order valence-electron chi connectivity index (χ4n) is 3.26. The molecule has 136 valence electrons. The maximum atomic E-state index is 12.7. The van der Waals surface area contributed by atoms with Gasteiger partial charge in [0.25, 0.3) is 5.24 Å². The molecule has 1 aromatic carbocycles. The van der Waals surface area contributed by atoms with E-state index >= 15 is 0 Å². The third-order valence-corrected chi connectivity index (χ3v) is 6.86. The van der Waals surface area contributed by atoms with E-state index in [1.807, 2.05) is 0 Å². The summed E-state index contributed by atoms with van der Waals surface area (Å²) >= 11 is 0.974. The molecule has 1 saturated carbocycles. The number of hydrogen-bond acceptors (Lipinski definition) is 6. The van der Waals surface area contributed by atoms with Crippen molar-refractivity contribution in [1.29, 1.82) is 0 Å². The molecule has 0 spiro atoms. The number of carbonyl (C=O) groups is 2. The smallest absolute Gasteiger partial charge is 0.289 e. The van der Waals surface area contributed by atoms with Gasteiger partial charge in [0.1, 0.15) is 5.75 Å². The fraction of sp³-hybridized carbons (Fsp3) is 0.500. The molecule has 1 heterocycles. The summed E-state index contributed by atoms with van der Waals surface area (Å²) in [6, 6.07) is 5.22. The maximum absolute atomic E-state index is 12.7. The lowest BCUT2D eigenvalue weighted by molar-refractivity contribution is -0.127. The molecule has 2 aliphatic rings.